The van der Waals surface area contributed by atoms with Crippen LogP contribution in [0.1, 0.15) is 6.92 Å². The highest BCUT2D eigenvalue weighted by molar-refractivity contribution is 7.75. The first-order valence-electron chi connectivity index (χ1n) is 2.23. The van der Waals surface area contributed by atoms with Crippen molar-refractivity contribution in [2.45, 2.75) is 6.92 Å². The summed E-state index contributed by atoms with van der Waals surface area (Å²) in [5, 5.41) is 0. The van der Waals surface area contributed by atoms with E-state index in [2.05, 4.69) is 4.74 Å². The Hall–Kier alpha value is 0.360. The van der Waals surface area contributed by atoms with E-state index in [0.717, 1.165) is 0 Å². The van der Waals surface area contributed by atoms with Crippen molar-refractivity contribution in [3.8, 4) is 0 Å². The topological polar surface area (TPSA) is 87.0 Å². The van der Waals surface area contributed by atoms with Crippen molar-refractivity contribution in [3.63, 3.8) is 0 Å². The third-order valence-electron chi connectivity index (χ3n) is 0.513. The molecule has 0 saturated carbocycles. The van der Waals surface area contributed by atoms with Gasteiger partial charge in [-0.1, -0.05) is 0 Å². The summed E-state index contributed by atoms with van der Waals surface area (Å²) < 4.78 is 4.07. The summed E-state index contributed by atoms with van der Waals surface area (Å²) in [6.45, 7) is 1.51. The van der Waals surface area contributed by atoms with Gasteiger partial charge >= 0.3 is 13.7 Å². The molecule has 0 aromatic rings. The number of carbonyl (C=O) groups is 1. The normalized spacial score (nSPS) is 9.09. The van der Waals surface area contributed by atoms with E-state index in [9.17, 15) is 4.79 Å². The third-order valence-corrected chi connectivity index (χ3v) is 1.13. The Morgan fingerprint density at radius 1 is 1.36 bits per heavy atom. The average Bonchev–Trinajstić information content (AvgIpc) is 1.64. The second-order valence-electron chi connectivity index (χ2n) is 1.27. The molecule has 8 heteroatoms. The Labute approximate surface area is 76.8 Å². The van der Waals surface area contributed by atoms with Crippen LogP contribution >= 0.6 is 32.8 Å². The number of rotatable bonds is 2. The predicted molar refractivity (Wildman–Crippen MR) is 45.1 cm³/mol. The maximum atomic E-state index is 10.1. The van der Waals surface area contributed by atoms with Crippen LogP contribution in [0, 0.1) is 0 Å². The van der Waals surface area contributed by atoms with Crippen LogP contribution in [0.2, 0.25) is 0 Å². The number of halogens is 2. The molecule has 0 radical (unpaired) electrons. The van der Waals surface area contributed by atoms with Gasteiger partial charge in [0.1, 0.15) is 0 Å². The molecule has 0 fully saturated rings. The van der Waals surface area contributed by atoms with Crippen molar-refractivity contribution in [2.75, 3.05) is 6.61 Å². The van der Waals surface area contributed by atoms with E-state index in [1.54, 1.807) is 0 Å². The lowest BCUT2D eigenvalue weighted by atomic mass is 10.9. The van der Waals surface area contributed by atoms with Crippen LogP contribution in [0.4, 0.5) is 4.79 Å². The molecule has 0 aliphatic rings. The fourth-order valence-electron chi connectivity index (χ4n) is 0.210. The van der Waals surface area contributed by atoms with Crippen LogP contribution < -0.4 is 0 Å². The zero-order valence-electron chi connectivity index (χ0n) is 5.63. The van der Waals surface area contributed by atoms with Crippen LogP contribution in [0.15, 0.2) is 0 Å². The molecule has 0 heterocycles. The third kappa shape index (κ3) is 8.26. The molecule has 0 bridgehead atoms. The van der Waals surface area contributed by atoms with Gasteiger partial charge in [0.25, 0.3) is 0 Å². The van der Waals surface area contributed by atoms with Gasteiger partial charge in [-0.25, -0.2) is 0 Å². The van der Waals surface area contributed by atoms with Gasteiger partial charge in [-0.2, -0.15) is 19.5 Å². The summed E-state index contributed by atoms with van der Waals surface area (Å²) in [5.41, 5.74) is -1.36. The first kappa shape index (κ1) is 17.4. The Kier molecular flexibility index (Phi) is 11.2. The molecular formula is C3H10Cl2O5P+. The molecule has 3 N–H and O–H groups in total. The lowest BCUT2D eigenvalue weighted by molar-refractivity contribution is 0.164. The molecule has 0 amide bonds. The van der Waals surface area contributed by atoms with E-state index in [0.29, 0.717) is 0 Å². The minimum absolute atomic E-state index is 0. The summed E-state index contributed by atoms with van der Waals surface area (Å²) in [7, 11) is -4.38. The summed E-state index contributed by atoms with van der Waals surface area (Å²) >= 11 is 0. The minimum atomic E-state index is -4.38. The van der Waals surface area contributed by atoms with E-state index in [-0.39, 0.29) is 31.4 Å². The molecule has 5 nitrogen and oxygen atoms in total. The SMILES string of the molecule is CCOC(=O)[P+](O)(O)O.Cl.Cl. The van der Waals surface area contributed by atoms with Crippen molar-refractivity contribution in [1.82, 2.24) is 0 Å². The lowest BCUT2D eigenvalue weighted by Crippen LogP contribution is -2.06. The van der Waals surface area contributed by atoms with Crippen molar-refractivity contribution < 1.29 is 24.2 Å². The van der Waals surface area contributed by atoms with Crippen molar-refractivity contribution in [3.05, 3.63) is 0 Å². The van der Waals surface area contributed by atoms with E-state index in [4.69, 9.17) is 14.7 Å². The zero-order valence-corrected chi connectivity index (χ0v) is 8.16. The fraction of sp³-hybridized carbons (Fsp3) is 0.667. The second-order valence-corrected chi connectivity index (χ2v) is 2.77. The number of hydrogen-bond donors (Lipinski definition) is 3. The monoisotopic (exact) mass is 227 g/mol. The van der Waals surface area contributed by atoms with Gasteiger partial charge in [0, 0.05) is 0 Å². The van der Waals surface area contributed by atoms with Crippen LogP contribution in [0.25, 0.3) is 0 Å². The van der Waals surface area contributed by atoms with E-state index >= 15 is 0 Å². The molecule has 70 valence electrons. The van der Waals surface area contributed by atoms with E-state index in [1.807, 2.05) is 0 Å². The first-order valence-corrected chi connectivity index (χ1v) is 3.87. The van der Waals surface area contributed by atoms with Gasteiger partial charge in [-0.05, 0) is 6.92 Å². The predicted octanol–water partition coefficient (Wildman–Crippen LogP) is 0.726. The van der Waals surface area contributed by atoms with Gasteiger partial charge in [0.2, 0.25) is 0 Å². The number of carbonyl (C=O) groups excluding carboxylic acids is 1. The van der Waals surface area contributed by atoms with Crippen LogP contribution in [0.5, 0.6) is 0 Å². The van der Waals surface area contributed by atoms with Crippen molar-refractivity contribution in [1.29, 1.82) is 0 Å². The van der Waals surface area contributed by atoms with Gasteiger partial charge in [0.05, 0.1) is 6.61 Å². The maximum Gasteiger partial charge on any atom is 0.545 e. The fourth-order valence-corrected chi connectivity index (χ4v) is 0.512. The van der Waals surface area contributed by atoms with Crippen LogP contribution in [-0.2, 0) is 4.74 Å². The second kappa shape index (κ2) is 7.03. The summed E-state index contributed by atoms with van der Waals surface area (Å²) in [5.74, 6) is 0. The Balaban J connectivity index is -0.000000320. The molecule has 11 heavy (non-hydrogen) atoms. The average molecular weight is 228 g/mol. The van der Waals surface area contributed by atoms with Gasteiger partial charge in [0.15, 0.2) is 0 Å². The van der Waals surface area contributed by atoms with Gasteiger partial charge in [-0.3, -0.25) is 0 Å². The number of hydrogen-bond acceptors (Lipinski definition) is 5. The maximum absolute atomic E-state index is 10.1. The Morgan fingerprint density at radius 3 is 1.82 bits per heavy atom. The molecule has 0 atom stereocenters. The number of ether oxygens (including phenoxy) is 1. The van der Waals surface area contributed by atoms with E-state index < -0.39 is 13.7 Å². The molecule has 0 aromatic heterocycles. The lowest BCUT2D eigenvalue weighted by Gasteiger charge is -1.99. The molecule has 0 saturated heterocycles. The van der Waals surface area contributed by atoms with E-state index in [1.165, 1.54) is 6.92 Å². The van der Waals surface area contributed by atoms with Crippen LogP contribution in [0.3, 0.4) is 0 Å². The summed E-state index contributed by atoms with van der Waals surface area (Å²) in [6.07, 6.45) is 0. The Bertz CT molecular complexity index is 113. The molecule has 0 rings (SSSR count). The zero-order chi connectivity index (χ0) is 7.49. The smallest absolute Gasteiger partial charge is 0.430 e. The minimum Gasteiger partial charge on any atom is -0.430 e. The highest BCUT2D eigenvalue weighted by Crippen LogP contribution is 2.46. The molecule has 0 aliphatic carbocycles. The van der Waals surface area contributed by atoms with Gasteiger partial charge in [-0.15, -0.1) is 24.8 Å². The first-order chi connectivity index (χ1) is 3.98. The highest BCUT2D eigenvalue weighted by atomic mass is 35.5. The standard InChI is InChI=1S/C3H8O5P.2ClH/c1-2-8-3(4)9(5,6)7;;/h5-7H,2H2,1H3;2*1H/q+1;;. The largest absolute Gasteiger partial charge is 0.545 e. The van der Waals surface area contributed by atoms with Crippen molar-refractivity contribution in [2.24, 2.45) is 0 Å². The quantitative estimate of drug-likeness (QED) is 0.606. The molecule has 0 spiro atoms. The van der Waals surface area contributed by atoms with Crippen LogP contribution in [-0.4, -0.2) is 27.0 Å². The Morgan fingerprint density at radius 2 is 1.73 bits per heavy atom. The molecule has 0 aliphatic heterocycles. The highest BCUT2D eigenvalue weighted by Gasteiger charge is 2.45. The van der Waals surface area contributed by atoms with Gasteiger partial charge < -0.3 is 4.74 Å². The molecular weight excluding hydrogens is 218 g/mol. The van der Waals surface area contributed by atoms with Crippen molar-refractivity contribution >= 4 is 38.5 Å². The molecule has 0 aromatic carbocycles. The summed E-state index contributed by atoms with van der Waals surface area (Å²) in [4.78, 5) is 34.6. The molecule has 0 unspecified atom stereocenters. The summed E-state index contributed by atoms with van der Waals surface area (Å²) in [6, 6.07) is 0.